The van der Waals surface area contributed by atoms with Crippen molar-refractivity contribution in [3.8, 4) is 0 Å². The summed E-state index contributed by atoms with van der Waals surface area (Å²) >= 11 is 0. The van der Waals surface area contributed by atoms with Crippen molar-refractivity contribution in [3.63, 3.8) is 0 Å². The molecule has 1 aliphatic rings. The van der Waals surface area contributed by atoms with Gasteiger partial charge in [-0.05, 0) is 25.1 Å². The number of carbonyl (C=O) groups excluding carboxylic acids is 1. The maximum absolute atomic E-state index is 13.4. The van der Waals surface area contributed by atoms with Crippen LogP contribution in [0.25, 0.3) is 0 Å². The van der Waals surface area contributed by atoms with Crippen LogP contribution in [0, 0.1) is 0 Å². The van der Waals surface area contributed by atoms with Gasteiger partial charge in [-0.3, -0.25) is 14.7 Å². The van der Waals surface area contributed by atoms with Crippen molar-refractivity contribution in [2.75, 3.05) is 26.2 Å². The molecule has 1 fully saturated rings. The number of piperidine rings is 1. The minimum Gasteiger partial charge on any atom is -0.336 e. The first-order valence-electron chi connectivity index (χ1n) is 7.95. The number of nitrogens with zero attached hydrogens (tertiary/aromatic N) is 3. The normalized spacial score (nSPS) is 18.2. The van der Waals surface area contributed by atoms with Gasteiger partial charge in [0.05, 0.1) is 24.3 Å². The van der Waals surface area contributed by atoms with Gasteiger partial charge in [-0.1, -0.05) is 0 Å². The first-order valence-corrected chi connectivity index (χ1v) is 7.95. The van der Waals surface area contributed by atoms with E-state index in [0.717, 1.165) is 6.07 Å². The summed E-state index contributed by atoms with van der Waals surface area (Å²) in [6, 6.07) is 2.09. The van der Waals surface area contributed by atoms with E-state index in [-0.39, 0.29) is 31.7 Å². The number of pyridine rings is 1. The number of rotatable bonds is 5. The molecule has 1 aromatic heterocycles. The van der Waals surface area contributed by atoms with Crippen LogP contribution in [0.4, 0.5) is 22.0 Å². The Morgan fingerprint density at radius 1 is 1.40 bits per heavy atom. The minimum atomic E-state index is -4.57. The van der Waals surface area contributed by atoms with Crippen LogP contribution in [-0.4, -0.2) is 52.8 Å². The molecule has 2 heterocycles. The maximum atomic E-state index is 13.4. The Labute approximate surface area is 142 Å². The second-order valence-electron chi connectivity index (χ2n) is 6.17. The van der Waals surface area contributed by atoms with E-state index in [1.54, 1.807) is 0 Å². The highest BCUT2D eigenvalue weighted by molar-refractivity contribution is 5.73. The number of hydrogen-bond acceptors (Lipinski definition) is 3. The Morgan fingerprint density at radius 2 is 2.12 bits per heavy atom. The summed E-state index contributed by atoms with van der Waals surface area (Å²) in [6.45, 7) is 1.27. The summed E-state index contributed by atoms with van der Waals surface area (Å²) in [5, 5.41) is 0. The predicted octanol–water partition coefficient (Wildman–Crippen LogP) is 3.18. The fourth-order valence-electron chi connectivity index (χ4n) is 2.85. The molecule has 0 aliphatic carbocycles. The van der Waals surface area contributed by atoms with Crippen LogP contribution >= 0.6 is 0 Å². The van der Waals surface area contributed by atoms with Crippen LogP contribution in [0.2, 0.25) is 0 Å². The zero-order valence-corrected chi connectivity index (χ0v) is 13.8. The number of alkyl halides is 5. The molecule has 9 heteroatoms. The summed E-state index contributed by atoms with van der Waals surface area (Å²) in [7, 11) is 0. The monoisotopic (exact) mass is 365 g/mol. The van der Waals surface area contributed by atoms with Crippen LogP contribution in [0.1, 0.15) is 31.0 Å². The zero-order chi connectivity index (χ0) is 18.7. The third-order valence-corrected chi connectivity index (χ3v) is 4.14. The molecule has 0 aromatic carbocycles. The van der Waals surface area contributed by atoms with Crippen molar-refractivity contribution in [1.82, 2.24) is 14.8 Å². The van der Waals surface area contributed by atoms with Crippen LogP contribution in [0.3, 0.4) is 0 Å². The molecule has 0 bridgehead atoms. The second-order valence-corrected chi connectivity index (χ2v) is 6.17. The molecule has 4 nitrogen and oxygen atoms in total. The third kappa shape index (κ3) is 5.62. The summed E-state index contributed by atoms with van der Waals surface area (Å²) in [5.74, 6) is -3.19. The molecule has 0 atom stereocenters. The fraction of sp³-hybridized carbons (Fsp3) is 0.625. The Hall–Kier alpha value is -1.77. The van der Waals surface area contributed by atoms with Gasteiger partial charge in [0.1, 0.15) is 0 Å². The highest BCUT2D eigenvalue weighted by Gasteiger charge is 2.36. The summed E-state index contributed by atoms with van der Waals surface area (Å²) in [6.07, 6.45) is -3.15. The van der Waals surface area contributed by atoms with Crippen LogP contribution < -0.4 is 0 Å². The van der Waals surface area contributed by atoms with E-state index in [2.05, 4.69) is 4.98 Å². The zero-order valence-electron chi connectivity index (χ0n) is 13.8. The summed E-state index contributed by atoms with van der Waals surface area (Å²) < 4.78 is 65.9. The van der Waals surface area contributed by atoms with E-state index < -0.39 is 30.1 Å². The molecular formula is C16H20F5N3O. The topological polar surface area (TPSA) is 36.4 Å². The molecule has 0 saturated carbocycles. The van der Waals surface area contributed by atoms with Gasteiger partial charge in [-0.2, -0.15) is 13.2 Å². The van der Waals surface area contributed by atoms with E-state index in [9.17, 15) is 26.7 Å². The van der Waals surface area contributed by atoms with E-state index in [1.165, 1.54) is 29.0 Å². The maximum Gasteiger partial charge on any atom is 0.418 e. The van der Waals surface area contributed by atoms with Gasteiger partial charge in [0.2, 0.25) is 5.91 Å². The lowest BCUT2D eigenvalue weighted by Crippen LogP contribution is -2.46. The van der Waals surface area contributed by atoms with Crippen LogP contribution in [0.5, 0.6) is 0 Å². The summed E-state index contributed by atoms with van der Waals surface area (Å²) in [5.41, 5.74) is -1.15. The molecule has 1 aromatic rings. The average molecular weight is 365 g/mol. The van der Waals surface area contributed by atoms with Crippen LogP contribution in [0.15, 0.2) is 18.3 Å². The molecule has 1 saturated heterocycles. The molecule has 0 radical (unpaired) electrons. The van der Waals surface area contributed by atoms with E-state index in [1.807, 2.05) is 0 Å². The van der Waals surface area contributed by atoms with Gasteiger partial charge in [-0.25, -0.2) is 8.78 Å². The lowest BCUT2D eigenvalue weighted by Gasteiger charge is -2.34. The fourth-order valence-corrected chi connectivity index (χ4v) is 2.85. The quantitative estimate of drug-likeness (QED) is 0.752. The number of aromatic nitrogens is 1. The number of carbonyl (C=O) groups is 1. The lowest BCUT2D eigenvalue weighted by molar-refractivity contribution is -0.140. The van der Waals surface area contributed by atoms with E-state index in [4.69, 9.17) is 0 Å². The SMILES string of the molecule is CC(=O)N(CCN1CCCC(F)(F)C1)Cc1ncccc1C(F)(F)F. The number of likely N-dealkylation sites (tertiary alicyclic amines) is 1. The molecule has 1 amide bonds. The van der Waals surface area contributed by atoms with Crippen LogP contribution in [-0.2, 0) is 17.5 Å². The van der Waals surface area contributed by atoms with Gasteiger partial charge in [-0.15, -0.1) is 0 Å². The van der Waals surface area contributed by atoms with Crippen molar-refractivity contribution in [2.24, 2.45) is 0 Å². The molecule has 25 heavy (non-hydrogen) atoms. The van der Waals surface area contributed by atoms with Gasteiger partial charge >= 0.3 is 6.18 Å². The van der Waals surface area contributed by atoms with Crippen molar-refractivity contribution in [3.05, 3.63) is 29.6 Å². The molecule has 0 spiro atoms. The van der Waals surface area contributed by atoms with Crippen molar-refractivity contribution in [2.45, 2.75) is 38.4 Å². The third-order valence-electron chi connectivity index (χ3n) is 4.14. The van der Waals surface area contributed by atoms with Crippen molar-refractivity contribution >= 4 is 5.91 Å². The lowest BCUT2D eigenvalue weighted by atomic mass is 10.1. The van der Waals surface area contributed by atoms with E-state index >= 15 is 0 Å². The van der Waals surface area contributed by atoms with Gasteiger partial charge in [0.25, 0.3) is 5.92 Å². The summed E-state index contributed by atoms with van der Waals surface area (Å²) in [4.78, 5) is 18.2. The number of amides is 1. The molecule has 0 unspecified atom stereocenters. The number of halogens is 5. The molecule has 2 rings (SSSR count). The molecular weight excluding hydrogens is 345 g/mol. The molecule has 140 valence electrons. The van der Waals surface area contributed by atoms with Crippen molar-refractivity contribution < 1.29 is 26.7 Å². The first kappa shape index (κ1) is 19.6. The van der Waals surface area contributed by atoms with Gasteiger partial charge in [0.15, 0.2) is 0 Å². The minimum absolute atomic E-state index is 0.0687. The van der Waals surface area contributed by atoms with Crippen molar-refractivity contribution in [1.29, 1.82) is 0 Å². The average Bonchev–Trinajstić information content (AvgIpc) is 2.49. The number of hydrogen-bond donors (Lipinski definition) is 0. The Morgan fingerprint density at radius 3 is 2.72 bits per heavy atom. The van der Waals surface area contributed by atoms with E-state index in [0.29, 0.717) is 13.0 Å². The Bertz CT molecular complexity index is 606. The van der Waals surface area contributed by atoms with Gasteiger partial charge < -0.3 is 4.90 Å². The Kier molecular flexibility index (Phi) is 5.97. The van der Waals surface area contributed by atoms with Gasteiger partial charge in [0, 0.05) is 32.6 Å². The highest BCUT2D eigenvalue weighted by atomic mass is 19.4. The predicted molar refractivity (Wildman–Crippen MR) is 81.0 cm³/mol. The molecule has 0 N–H and O–H groups in total. The second kappa shape index (κ2) is 7.63. The highest BCUT2D eigenvalue weighted by Crippen LogP contribution is 2.31. The molecule has 1 aliphatic heterocycles. The standard InChI is InChI=1S/C16H20F5N3O/c1-12(25)24(9-8-23-7-3-5-15(17,18)11-23)10-14-13(16(19,20)21)4-2-6-22-14/h2,4,6H,3,5,7-11H2,1H3. The largest absolute Gasteiger partial charge is 0.418 e. The first-order chi connectivity index (χ1) is 11.6. The Balaban J connectivity index is 2.04. The smallest absolute Gasteiger partial charge is 0.336 e.